The van der Waals surface area contributed by atoms with Gasteiger partial charge >= 0.3 is 0 Å². The van der Waals surface area contributed by atoms with Crippen molar-refractivity contribution in [2.45, 2.75) is 58.3 Å². The van der Waals surface area contributed by atoms with Gasteiger partial charge in [0.05, 0.1) is 0 Å². The van der Waals surface area contributed by atoms with Crippen molar-refractivity contribution in [3.05, 3.63) is 35.4 Å². The van der Waals surface area contributed by atoms with Crippen LogP contribution in [0.3, 0.4) is 0 Å². The van der Waals surface area contributed by atoms with Gasteiger partial charge in [-0.1, -0.05) is 61.9 Å². The molecule has 0 bridgehead atoms. The first kappa shape index (κ1) is 14.2. The highest BCUT2D eigenvalue weighted by Gasteiger charge is 1.94. The van der Waals surface area contributed by atoms with Gasteiger partial charge in [0, 0.05) is 0 Å². The molecule has 0 aliphatic carbocycles. The fraction of sp³-hybridized carbons (Fsp3) is 0.625. The van der Waals surface area contributed by atoms with E-state index < -0.39 is 0 Å². The summed E-state index contributed by atoms with van der Waals surface area (Å²) in [5.41, 5.74) is 8.31. The van der Waals surface area contributed by atoms with Crippen molar-refractivity contribution in [1.82, 2.24) is 0 Å². The minimum absolute atomic E-state index is 0.855. The first-order valence-corrected chi connectivity index (χ1v) is 7.08. The predicted molar refractivity (Wildman–Crippen MR) is 76.3 cm³/mol. The van der Waals surface area contributed by atoms with Gasteiger partial charge in [-0.3, -0.25) is 0 Å². The van der Waals surface area contributed by atoms with Crippen LogP contribution in [-0.4, -0.2) is 6.54 Å². The maximum absolute atomic E-state index is 5.47. The third kappa shape index (κ3) is 7.17. The Labute approximate surface area is 106 Å². The summed E-state index contributed by atoms with van der Waals surface area (Å²) in [6.07, 6.45) is 10.6. The zero-order valence-electron chi connectivity index (χ0n) is 11.3. The summed E-state index contributed by atoms with van der Waals surface area (Å²) in [7, 11) is 0. The zero-order valence-corrected chi connectivity index (χ0v) is 11.3. The summed E-state index contributed by atoms with van der Waals surface area (Å²) in [6.45, 7) is 3.00. The molecule has 17 heavy (non-hydrogen) atoms. The summed E-state index contributed by atoms with van der Waals surface area (Å²) in [5, 5.41) is 0. The van der Waals surface area contributed by atoms with E-state index in [4.69, 9.17) is 5.73 Å². The lowest BCUT2D eigenvalue weighted by Crippen LogP contribution is -1.97. The van der Waals surface area contributed by atoms with Crippen molar-refractivity contribution in [2.75, 3.05) is 6.54 Å². The molecule has 1 aromatic rings. The summed E-state index contributed by atoms with van der Waals surface area (Å²) in [5.74, 6) is 0. The molecule has 0 amide bonds. The highest BCUT2D eigenvalue weighted by molar-refractivity contribution is 5.21. The molecule has 1 heteroatoms. The first-order chi connectivity index (χ1) is 8.33. The SMILES string of the molecule is Cc1ccc(CCCCCCCCCN)cc1. The molecule has 0 saturated heterocycles. The van der Waals surface area contributed by atoms with Crippen molar-refractivity contribution in [3.8, 4) is 0 Å². The predicted octanol–water partition coefficient (Wildman–Crippen LogP) is 4.23. The molecule has 0 heterocycles. The Morgan fingerprint density at radius 2 is 1.29 bits per heavy atom. The highest BCUT2D eigenvalue weighted by atomic mass is 14.5. The summed E-state index contributed by atoms with van der Waals surface area (Å²) < 4.78 is 0. The number of unbranched alkanes of at least 4 members (excludes halogenated alkanes) is 6. The fourth-order valence-electron chi connectivity index (χ4n) is 2.11. The van der Waals surface area contributed by atoms with E-state index in [1.54, 1.807) is 0 Å². The van der Waals surface area contributed by atoms with Crippen LogP contribution in [0.15, 0.2) is 24.3 Å². The van der Waals surface area contributed by atoms with Crippen LogP contribution >= 0.6 is 0 Å². The maximum atomic E-state index is 5.47. The van der Waals surface area contributed by atoms with E-state index >= 15 is 0 Å². The van der Waals surface area contributed by atoms with E-state index in [2.05, 4.69) is 31.2 Å². The normalized spacial score (nSPS) is 10.7. The molecule has 1 aromatic carbocycles. The monoisotopic (exact) mass is 233 g/mol. The quantitative estimate of drug-likeness (QED) is 0.635. The minimum atomic E-state index is 0.855. The molecule has 0 fully saturated rings. The van der Waals surface area contributed by atoms with E-state index in [-0.39, 0.29) is 0 Å². The molecular weight excluding hydrogens is 206 g/mol. The van der Waals surface area contributed by atoms with Gasteiger partial charge in [-0.2, -0.15) is 0 Å². The molecule has 0 aromatic heterocycles. The molecule has 0 unspecified atom stereocenters. The molecule has 96 valence electrons. The molecular formula is C16H27N. The summed E-state index contributed by atoms with van der Waals surface area (Å²) >= 11 is 0. The van der Waals surface area contributed by atoms with E-state index in [1.807, 2.05) is 0 Å². The Morgan fingerprint density at radius 1 is 0.765 bits per heavy atom. The van der Waals surface area contributed by atoms with Crippen LogP contribution in [0.1, 0.15) is 56.1 Å². The molecule has 1 rings (SSSR count). The third-order valence-electron chi connectivity index (χ3n) is 3.29. The van der Waals surface area contributed by atoms with Gasteiger partial charge in [0.15, 0.2) is 0 Å². The Morgan fingerprint density at radius 3 is 1.88 bits per heavy atom. The first-order valence-electron chi connectivity index (χ1n) is 7.08. The van der Waals surface area contributed by atoms with E-state index in [0.29, 0.717) is 0 Å². The van der Waals surface area contributed by atoms with Crippen LogP contribution in [0.25, 0.3) is 0 Å². The minimum Gasteiger partial charge on any atom is -0.330 e. The van der Waals surface area contributed by atoms with Crippen molar-refractivity contribution >= 4 is 0 Å². The third-order valence-corrected chi connectivity index (χ3v) is 3.29. The van der Waals surface area contributed by atoms with Crippen LogP contribution in [0, 0.1) is 6.92 Å². The number of benzene rings is 1. The van der Waals surface area contributed by atoms with E-state index in [1.165, 1.54) is 62.5 Å². The number of rotatable bonds is 9. The second-order valence-corrected chi connectivity index (χ2v) is 5.00. The van der Waals surface area contributed by atoms with E-state index in [9.17, 15) is 0 Å². The summed E-state index contributed by atoms with van der Waals surface area (Å²) in [4.78, 5) is 0. The Kier molecular flexibility index (Phi) is 7.74. The molecule has 2 N–H and O–H groups in total. The molecule has 0 atom stereocenters. The van der Waals surface area contributed by atoms with Gasteiger partial charge in [-0.25, -0.2) is 0 Å². The van der Waals surface area contributed by atoms with Crippen LogP contribution in [-0.2, 0) is 6.42 Å². The van der Waals surface area contributed by atoms with Crippen molar-refractivity contribution < 1.29 is 0 Å². The highest BCUT2D eigenvalue weighted by Crippen LogP contribution is 2.11. The topological polar surface area (TPSA) is 26.0 Å². The Bertz CT molecular complexity index is 276. The van der Waals surface area contributed by atoms with Gasteiger partial charge in [-0.05, 0) is 38.3 Å². The lowest BCUT2D eigenvalue weighted by Gasteiger charge is -2.03. The van der Waals surface area contributed by atoms with Crippen molar-refractivity contribution in [3.63, 3.8) is 0 Å². The second-order valence-electron chi connectivity index (χ2n) is 5.00. The maximum Gasteiger partial charge on any atom is -0.00773 e. The van der Waals surface area contributed by atoms with Gasteiger partial charge in [0.25, 0.3) is 0 Å². The average molecular weight is 233 g/mol. The number of aryl methyl sites for hydroxylation is 2. The van der Waals surface area contributed by atoms with E-state index in [0.717, 1.165) is 6.54 Å². The van der Waals surface area contributed by atoms with Crippen LogP contribution < -0.4 is 5.73 Å². The molecule has 0 spiro atoms. The number of nitrogens with two attached hydrogens (primary N) is 1. The molecule has 1 nitrogen and oxygen atoms in total. The van der Waals surface area contributed by atoms with Crippen molar-refractivity contribution in [1.29, 1.82) is 0 Å². The average Bonchev–Trinajstić information content (AvgIpc) is 2.35. The standard InChI is InChI=1S/C16H27N/c1-15-10-12-16(13-11-15)9-7-5-3-2-4-6-8-14-17/h10-13H,2-9,14,17H2,1H3. The zero-order chi connectivity index (χ0) is 12.3. The van der Waals surface area contributed by atoms with Crippen LogP contribution in [0.4, 0.5) is 0 Å². The number of hydrogen-bond acceptors (Lipinski definition) is 1. The lowest BCUT2D eigenvalue weighted by atomic mass is 10.0. The smallest absolute Gasteiger partial charge is 0.00773 e. The largest absolute Gasteiger partial charge is 0.330 e. The van der Waals surface area contributed by atoms with Gasteiger partial charge in [0.2, 0.25) is 0 Å². The molecule has 0 aliphatic rings. The lowest BCUT2D eigenvalue weighted by molar-refractivity contribution is 0.582. The van der Waals surface area contributed by atoms with Crippen LogP contribution in [0.2, 0.25) is 0 Å². The van der Waals surface area contributed by atoms with Gasteiger partial charge in [0.1, 0.15) is 0 Å². The van der Waals surface area contributed by atoms with Gasteiger partial charge < -0.3 is 5.73 Å². The fourth-order valence-corrected chi connectivity index (χ4v) is 2.11. The second kappa shape index (κ2) is 9.23. The van der Waals surface area contributed by atoms with Crippen molar-refractivity contribution in [2.24, 2.45) is 5.73 Å². The molecule has 0 saturated carbocycles. The number of hydrogen-bond donors (Lipinski definition) is 1. The summed E-state index contributed by atoms with van der Waals surface area (Å²) in [6, 6.07) is 8.94. The van der Waals surface area contributed by atoms with Crippen LogP contribution in [0.5, 0.6) is 0 Å². The van der Waals surface area contributed by atoms with Gasteiger partial charge in [-0.15, -0.1) is 0 Å². The Hall–Kier alpha value is -0.820. The Balaban J connectivity index is 1.95. The molecule has 0 aliphatic heterocycles. The molecule has 0 radical (unpaired) electrons.